The number of alkyl halides is 1. The summed E-state index contributed by atoms with van der Waals surface area (Å²) in [7, 11) is 0. The average Bonchev–Trinajstić information content (AvgIpc) is 1.97. The summed E-state index contributed by atoms with van der Waals surface area (Å²) < 4.78 is 0. The molecule has 0 atom stereocenters. The standard InChI is InChI=1S/C10H13BrO/c1-9(2)8-10(12)6-4-3-5-7-11/h8H,3,5,7H2,1-2H3. The Labute approximate surface area is 82.4 Å². The summed E-state index contributed by atoms with van der Waals surface area (Å²) in [5, 5.41) is 0.943. The van der Waals surface area contributed by atoms with Crippen molar-refractivity contribution in [3.05, 3.63) is 11.6 Å². The predicted molar refractivity (Wildman–Crippen MR) is 55.2 cm³/mol. The molecule has 0 unspecified atom stereocenters. The van der Waals surface area contributed by atoms with E-state index in [1.54, 1.807) is 6.08 Å². The van der Waals surface area contributed by atoms with Gasteiger partial charge in [-0.2, -0.15) is 0 Å². The van der Waals surface area contributed by atoms with E-state index in [0.29, 0.717) is 0 Å². The molecule has 1 nitrogen and oxygen atoms in total. The van der Waals surface area contributed by atoms with Gasteiger partial charge in [-0.05, 0) is 32.3 Å². The van der Waals surface area contributed by atoms with Gasteiger partial charge in [0.1, 0.15) is 0 Å². The van der Waals surface area contributed by atoms with Crippen LogP contribution in [0.3, 0.4) is 0 Å². The number of halogens is 1. The zero-order chi connectivity index (χ0) is 9.40. The summed E-state index contributed by atoms with van der Waals surface area (Å²) >= 11 is 3.29. The first kappa shape index (κ1) is 11.4. The Morgan fingerprint density at radius 2 is 2.17 bits per heavy atom. The Balaban J connectivity index is 3.80. The van der Waals surface area contributed by atoms with Gasteiger partial charge in [0.05, 0.1) is 0 Å². The molecule has 0 amide bonds. The molecule has 0 aromatic heterocycles. The molecule has 0 aromatic carbocycles. The normalized spacial score (nSPS) is 8.25. The third kappa shape index (κ3) is 7.56. The van der Waals surface area contributed by atoms with E-state index >= 15 is 0 Å². The van der Waals surface area contributed by atoms with E-state index in [4.69, 9.17) is 0 Å². The van der Waals surface area contributed by atoms with E-state index in [1.165, 1.54) is 0 Å². The van der Waals surface area contributed by atoms with E-state index in [2.05, 4.69) is 27.8 Å². The zero-order valence-corrected chi connectivity index (χ0v) is 9.07. The van der Waals surface area contributed by atoms with Crippen molar-refractivity contribution in [1.82, 2.24) is 0 Å². The van der Waals surface area contributed by atoms with Crippen LogP contribution in [0, 0.1) is 11.8 Å². The highest BCUT2D eigenvalue weighted by Crippen LogP contribution is 1.92. The fourth-order valence-corrected chi connectivity index (χ4v) is 0.883. The number of hydrogen-bond acceptors (Lipinski definition) is 1. The molecule has 0 heterocycles. The van der Waals surface area contributed by atoms with Crippen molar-refractivity contribution >= 4 is 21.7 Å². The molecule has 0 aliphatic rings. The van der Waals surface area contributed by atoms with E-state index < -0.39 is 0 Å². The van der Waals surface area contributed by atoms with Crippen molar-refractivity contribution < 1.29 is 4.79 Å². The number of allylic oxidation sites excluding steroid dienone is 2. The van der Waals surface area contributed by atoms with Gasteiger partial charge in [-0.25, -0.2) is 0 Å². The van der Waals surface area contributed by atoms with Crippen molar-refractivity contribution in [3.8, 4) is 11.8 Å². The smallest absolute Gasteiger partial charge is 0.228 e. The van der Waals surface area contributed by atoms with Crippen molar-refractivity contribution in [2.45, 2.75) is 26.7 Å². The Morgan fingerprint density at radius 3 is 2.67 bits per heavy atom. The second kappa shape index (κ2) is 7.12. The number of carbonyl (C=O) groups is 1. The topological polar surface area (TPSA) is 17.1 Å². The van der Waals surface area contributed by atoms with Gasteiger partial charge in [-0.1, -0.05) is 27.4 Å². The van der Waals surface area contributed by atoms with Gasteiger partial charge >= 0.3 is 0 Å². The van der Waals surface area contributed by atoms with Crippen LogP contribution in [0.1, 0.15) is 26.7 Å². The monoisotopic (exact) mass is 228 g/mol. The van der Waals surface area contributed by atoms with Crippen LogP contribution in [0.15, 0.2) is 11.6 Å². The van der Waals surface area contributed by atoms with E-state index in [-0.39, 0.29) is 5.78 Å². The van der Waals surface area contributed by atoms with Crippen molar-refractivity contribution in [2.24, 2.45) is 0 Å². The maximum atomic E-state index is 11.0. The van der Waals surface area contributed by atoms with Gasteiger partial charge in [0.15, 0.2) is 0 Å². The highest BCUT2D eigenvalue weighted by molar-refractivity contribution is 9.09. The second-order valence-corrected chi connectivity index (χ2v) is 3.47. The number of ketones is 1. The third-order valence-corrected chi connectivity index (χ3v) is 1.63. The van der Waals surface area contributed by atoms with Gasteiger partial charge in [0.25, 0.3) is 0 Å². The van der Waals surface area contributed by atoms with Crippen molar-refractivity contribution in [3.63, 3.8) is 0 Å². The summed E-state index contributed by atoms with van der Waals surface area (Å²) in [6, 6.07) is 0. The molecule has 0 saturated carbocycles. The maximum Gasteiger partial charge on any atom is 0.228 e. The molecule has 0 spiro atoms. The Hall–Kier alpha value is -0.550. The quantitative estimate of drug-likeness (QED) is 0.239. The second-order valence-electron chi connectivity index (χ2n) is 2.68. The van der Waals surface area contributed by atoms with Gasteiger partial charge in [0, 0.05) is 11.8 Å². The highest BCUT2D eigenvalue weighted by Gasteiger charge is 1.87. The molecule has 12 heavy (non-hydrogen) atoms. The Kier molecular flexibility index (Phi) is 6.79. The molecule has 0 fully saturated rings. The van der Waals surface area contributed by atoms with Crippen LogP contribution in [0.2, 0.25) is 0 Å². The van der Waals surface area contributed by atoms with Gasteiger partial charge < -0.3 is 0 Å². The summed E-state index contributed by atoms with van der Waals surface area (Å²) in [5.74, 6) is 5.29. The van der Waals surface area contributed by atoms with E-state index in [0.717, 1.165) is 23.7 Å². The van der Waals surface area contributed by atoms with E-state index in [9.17, 15) is 4.79 Å². The number of hydrogen-bond donors (Lipinski definition) is 0. The van der Waals surface area contributed by atoms with Crippen LogP contribution in [-0.2, 0) is 4.79 Å². The van der Waals surface area contributed by atoms with Crippen LogP contribution in [0.4, 0.5) is 0 Å². The van der Waals surface area contributed by atoms with E-state index in [1.807, 2.05) is 13.8 Å². The molecule has 0 aromatic rings. The maximum absolute atomic E-state index is 11.0. The van der Waals surface area contributed by atoms with Crippen LogP contribution >= 0.6 is 15.9 Å². The lowest BCUT2D eigenvalue weighted by molar-refractivity contribution is -0.109. The molecule has 0 aliphatic heterocycles. The third-order valence-electron chi connectivity index (χ3n) is 1.07. The van der Waals surface area contributed by atoms with Crippen LogP contribution in [0.25, 0.3) is 0 Å². The Morgan fingerprint density at radius 1 is 1.50 bits per heavy atom. The molecule has 0 bridgehead atoms. The minimum Gasteiger partial charge on any atom is -0.280 e. The molecular weight excluding hydrogens is 216 g/mol. The first-order chi connectivity index (χ1) is 5.66. The summed E-state index contributed by atoms with van der Waals surface area (Å²) in [4.78, 5) is 11.0. The molecule has 0 rings (SSSR count). The highest BCUT2D eigenvalue weighted by atomic mass is 79.9. The van der Waals surface area contributed by atoms with Crippen LogP contribution in [0.5, 0.6) is 0 Å². The molecular formula is C10H13BrO. The zero-order valence-electron chi connectivity index (χ0n) is 7.48. The molecule has 66 valence electrons. The summed E-state index contributed by atoms with van der Waals surface area (Å²) in [6.45, 7) is 3.77. The fourth-order valence-electron chi connectivity index (χ4n) is 0.603. The summed E-state index contributed by atoms with van der Waals surface area (Å²) in [6.07, 6.45) is 3.34. The first-order valence-corrected chi connectivity index (χ1v) is 5.02. The number of carbonyl (C=O) groups excluding carboxylic acids is 1. The average molecular weight is 229 g/mol. The SMILES string of the molecule is CC(C)=CC(=O)C#CCCCBr. The fraction of sp³-hybridized carbons (Fsp3) is 0.500. The lowest BCUT2D eigenvalue weighted by Crippen LogP contribution is -1.87. The minimum absolute atomic E-state index is 0.0930. The van der Waals surface area contributed by atoms with Gasteiger partial charge in [-0.15, -0.1) is 0 Å². The molecule has 0 radical (unpaired) electrons. The molecule has 2 heteroatoms. The number of unbranched alkanes of at least 4 members (excludes halogenated alkanes) is 1. The largest absolute Gasteiger partial charge is 0.280 e. The molecule has 0 saturated heterocycles. The molecule has 0 aliphatic carbocycles. The predicted octanol–water partition coefficient (Wildman–Crippen LogP) is 2.70. The van der Waals surface area contributed by atoms with Gasteiger partial charge in [-0.3, -0.25) is 4.79 Å². The Bertz CT molecular complexity index is 226. The van der Waals surface area contributed by atoms with Gasteiger partial charge in [0.2, 0.25) is 5.78 Å². The lowest BCUT2D eigenvalue weighted by atomic mass is 10.2. The van der Waals surface area contributed by atoms with Crippen molar-refractivity contribution in [1.29, 1.82) is 0 Å². The first-order valence-electron chi connectivity index (χ1n) is 3.90. The minimum atomic E-state index is -0.0930. The lowest BCUT2D eigenvalue weighted by Gasteiger charge is -1.84. The number of rotatable bonds is 3. The summed E-state index contributed by atoms with van der Waals surface area (Å²) in [5.41, 5.74) is 0.995. The molecule has 0 N–H and O–H groups in total. The van der Waals surface area contributed by atoms with Crippen molar-refractivity contribution in [2.75, 3.05) is 5.33 Å². The van der Waals surface area contributed by atoms with Crippen LogP contribution < -0.4 is 0 Å². The van der Waals surface area contributed by atoms with Crippen LogP contribution in [-0.4, -0.2) is 11.1 Å².